The van der Waals surface area contributed by atoms with Gasteiger partial charge in [0.05, 0.1) is 5.41 Å². The minimum absolute atomic E-state index is 0.235. The topological polar surface area (TPSA) is 0 Å². The van der Waals surface area contributed by atoms with E-state index in [0.29, 0.717) is 25.2 Å². The minimum Gasteiger partial charge on any atom is -0.170 e. The van der Waals surface area contributed by atoms with E-state index in [4.69, 9.17) is 0 Å². The number of benzene rings is 2. The van der Waals surface area contributed by atoms with Gasteiger partial charge in [0.25, 0.3) is 0 Å². The predicted molar refractivity (Wildman–Crippen MR) is 124 cm³/mol. The van der Waals surface area contributed by atoms with Crippen molar-refractivity contribution >= 4 is 0 Å². The summed E-state index contributed by atoms with van der Waals surface area (Å²) in [5.41, 5.74) is -1.03. The lowest BCUT2D eigenvalue weighted by atomic mass is 9.52. The molecule has 2 aromatic carbocycles. The fourth-order valence-electron chi connectivity index (χ4n) is 8.84. The number of unbranched alkanes of at least 4 members (excludes halogenated alkanes) is 1. The molecule has 4 bridgehead atoms. The first kappa shape index (κ1) is 22.0. The molecule has 5 unspecified atom stereocenters. The van der Waals surface area contributed by atoms with Crippen LogP contribution >= 0.6 is 0 Å². The zero-order chi connectivity index (χ0) is 22.7. The molecule has 2 aromatic rings. The SMILES string of the molecule is CCCCC(CC)C12CC3(c4ccccc4)CC(c4ccccc4)(C1)C(C(F)(F)F)(C3)C2. The van der Waals surface area contributed by atoms with Crippen LogP contribution in [0.3, 0.4) is 0 Å². The lowest BCUT2D eigenvalue weighted by Crippen LogP contribution is -2.48. The maximum atomic E-state index is 15.3. The molecule has 5 atom stereocenters. The van der Waals surface area contributed by atoms with Crippen LogP contribution in [-0.4, -0.2) is 6.18 Å². The second kappa shape index (κ2) is 7.37. The lowest BCUT2D eigenvalue weighted by Gasteiger charge is -2.52. The molecule has 0 spiro atoms. The molecule has 0 saturated heterocycles. The molecule has 4 saturated carbocycles. The van der Waals surface area contributed by atoms with Gasteiger partial charge in [0.1, 0.15) is 0 Å². The number of rotatable bonds is 7. The van der Waals surface area contributed by atoms with E-state index < -0.39 is 17.0 Å². The van der Waals surface area contributed by atoms with Gasteiger partial charge in [-0.2, -0.15) is 13.2 Å². The fraction of sp³-hybridized carbons (Fsp3) is 0.586. The molecule has 32 heavy (non-hydrogen) atoms. The summed E-state index contributed by atoms with van der Waals surface area (Å²) >= 11 is 0. The van der Waals surface area contributed by atoms with Crippen molar-refractivity contribution in [1.29, 1.82) is 0 Å². The number of hydrogen-bond donors (Lipinski definition) is 0. The van der Waals surface area contributed by atoms with Gasteiger partial charge in [0.2, 0.25) is 0 Å². The second-order valence-corrected chi connectivity index (χ2v) is 11.2. The normalized spacial score (nSPS) is 36.5. The Bertz CT molecular complexity index is 951. The molecule has 4 fully saturated rings. The zero-order valence-corrected chi connectivity index (χ0v) is 19.3. The van der Waals surface area contributed by atoms with Crippen LogP contribution in [0.4, 0.5) is 13.2 Å². The number of halogens is 3. The van der Waals surface area contributed by atoms with Crippen molar-refractivity contribution in [2.75, 3.05) is 0 Å². The summed E-state index contributed by atoms with van der Waals surface area (Å²) in [5, 5.41) is 0. The quantitative estimate of drug-likeness (QED) is 0.404. The maximum absolute atomic E-state index is 15.3. The van der Waals surface area contributed by atoms with E-state index in [2.05, 4.69) is 26.0 Å². The Kier molecular flexibility index (Phi) is 5.08. The van der Waals surface area contributed by atoms with Gasteiger partial charge in [-0.3, -0.25) is 0 Å². The Hall–Kier alpha value is -1.77. The van der Waals surface area contributed by atoms with Gasteiger partial charge in [-0.05, 0) is 66.4 Å². The van der Waals surface area contributed by atoms with Gasteiger partial charge in [0.15, 0.2) is 0 Å². The van der Waals surface area contributed by atoms with Crippen molar-refractivity contribution in [3.63, 3.8) is 0 Å². The van der Waals surface area contributed by atoms with Gasteiger partial charge in [-0.25, -0.2) is 0 Å². The van der Waals surface area contributed by atoms with E-state index in [9.17, 15) is 0 Å². The van der Waals surface area contributed by atoms with Crippen LogP contribution in [0.1, 0.15) is 82.8 Å². The Morgan fingerprint density at radius 1 is 0.781 bits per heavy atom. The van der Waals surface area contributed by atoms with Crippen molar-refractivity contribution in [1.82, 2.24) is 0 Å². The van der Waals surface area contributed by atoms with Crippen LogP contribution < -0.4 is 0 Å². The molecule has 0 radical (unpaired) electrons. The molecular formula is C29H35F3. The van der Waals surface area contributed by atoms with E-state index in [-0.39, 0.29) is 17.3 Å². The van der Waals surface area contributed by atoms with E-state index in [0.717, 1.165) is 43.2 Å². The van der Waals surface area contributed by atoms with Gasteiger partial charge in [0, 0.05) is 5.41 Å². The summed E-state index contributed by atoms with van der Waals surface area (Å²) in [6.45, 7) is 4.39. The molecule has 0 heterocycles. The molecule has 0 amide bonds. The second-order valence-electron chi connectivity index (χ2n) is 11.2. The molecule has 0 nitrogen and oxygen atoms in total. The highest BCUT2D eigenvalue weighted by Gasteiger charge is 2.83. The summed E-state index contributed by atoms with van der Waals surface area (Å²) in [4.78, 5) is 0. The summed E-state index contributed by atoms with van der Waals surface area (Å²) in [6.07, 6.45) is 2.83. The molecule has 4 aliphatic carbocycles. The molecule has 172 valence electrons. The molecular weight excluding hydrogens is 405 g/mol. The Morgan fingerprint density at radius 3 is 1.97 bits per heavy atom. The highest BCUT2D eigenvalue weighted by atomic mass is 19.4. The monoisotopic (exact) mass is 440 g/mol. The van der Waals surface area contributed by atoms with Crippen molar-refractivity contribution in [3.8, 4) is 0 Å². The van der Waals surface area contributed by atoms with Crippen molar-refractivity contribution < 1.29 is 13.2 Å². The standard InChI is InChI=1S/C29H35F3/c1-3-5-12-22(4-2)25-17-26(23-13-8-6-9-14-23)19-27(18-25,24-15-10-7-11-16-24)28(20-25,21-26)29(30,31)32/h6-11,13-16,22H,3-5,12,17-21H2,1-2H3. The third-order valence-corrected chi connectivity index (χ3v) is 9.71. The predicted octanol–water partition coefficient (Wildman–Crippen LogP) is 8.61. The highest BCUT2D eigenvalue weighted by molar-refractivity contribution is 5.46. The van der Waals surface area contributed by atoms with Gasteiger partial charge < -0.3 is 0 Å². The van der Waals surface area contributed by atoms with Crippen LogP contribution in [0.2, 0.25) is 0 Å². The Labute approximate surface area is 190 Å². The van der Waals surface area contributed by atoms with E-state index >= 15 is 13.2 Å². The molecule has 0 N–H and O–H groups in total. The smallest absolute Gasteiger partial charge is 0.170 e. The van der Waals surface area contributed by atoms with Crippen LogP contribution in [0, 0.1) is 16.7 Å². The average Bonchev–Trinajstić information content (AvgIpc) is 3.14. The van der Waals surface area contributed by atoms with E-state index in [1.54, 1.807) is 0 Å². The Morgan fingerprint density at radius 2 is 1.41 bits per heavy atom. The summed E-state index contributed by atoms with van der Waals surface area (Å²) in [6, 6.07) is 19.9. The van der Waals surface area contributed by atoms with E-state index in [1.165, 1.54) is 0 Å². The number of alkyl halides is 3. The largest absolute Gasteiger partial charge is 0.395 e. The number of hydrogen-bond acceptors (Lipinski definition) is 0. The molecule has 3 heteroatoms. The molecule has 6 rings (SSSR count). The minimum atomic E-state index is -4.20. The first-order valence-electron chi connectivity index (χ1n) is 12.4. The van der Waals surface area contributed by atoms with Crippen LogP contribution in [-0.2, 0) is 10.8 Å². The van der Waals surface area contributed by atoms with Crippen LogP contribution in [0.15, 0.2) is 60.7 Å². The van der Waals surface area contributed by atoms with E-state index in [1.807, 2.05) is 48.5 Å². The van der Waals surface area contributed by atoms with Crippen molar-refractivity contribution in [2.24, 2.45) is 16.7 Å². The van der Waals surface area contributed by atoms with Gasteiger partial charge in [-0.15, -0.1) is 0 Å². The third kappa shape index (κ3) is 2.82. The summed E-state index contributed by atoms with van der Waals surface area (Å²) < 4.78 is 45.9. The van der Waals surface area contributed by atoms with Crippen molar-refractivity contribution in [2.45, 2.75) is 88.6 Å². The van der Waals surface area contributed by atoms with Gasteiger partial charge in [-0.1, -0.05) is 93.8 Å². The summed E-state index contributed by atoms with van der Waals surface area (Å²) in [5.74, 6) is 0.360. The van der Waals surface area contributed by atoms with Gasteiger partial charge >= 0.3 is 6.18 Å². The molecule has 0 aliphatic heterocycles. The van der Waals surface area contributed by atoms with Crippen LogP contribution in [0.25, 0.3) is 0 Å². The summed E-state index contributed by atoms with van der Waals surface area (Å²) in [7, 11) is 0. The Balaban J connectivity index is 1.74. The highest BCUT2D eigenvalue weighted by Crippen LogP contribution is 2.84. The van der Waals surface area contributed by atoms with Crippen LogP contribution in [0.5, 0.6) is 0 Å². The van der Waals surface area contributed by atoms with Crippen molar-refractivity contribution in [3.05, 3.63) is 71.8 Å². The first-order valence-corrected chi connectivity index (χ1v) is 12.4. The maximum Gasteiger partial charge on any atom is 0.395 e. The molecule has 4 aliphatic rings. The molecule has 0 aromatic heterocycles. The third-order valence-electron chi connectivity index (χ3n) is 9.71. The lowest BCUT2D eigenvalue weighted by molar-refractivity contribution is -0.243. The average molecular weight is 441 g/mol. The zero-order valence-electron chi connectivity index (χ0n) is 19.3. The fourth-order valence-corrected chi connectivity index (χ4v) is 8.84. The first-order chi connectivity index (χ1) is 15.3.